The van der Waals surface area contributed by atoms with Gasteiger partial charge in [-0.2, -0.15) is 0 Å². The van der Waals surface area contributed by atoms with Crippen molar-refractivity contribution in [1.82, 2.24) is 0 Å². The van der Waals surface area contributed by atoms with Gasteiger partial charge in [0.05, 0.1) is 26.4 Å². The smallest absolute Gasteiger partial charge is 0.463 e. The summed E-state index contributed by atoms with van der Waals surface area (Å²) in [5, 5.41) is 20.7. The minimum Gasteiger partial charge on any atom is -0.463 e. The Labute approximate surface area is 702 Å². The maximum Gasteiger partial charge on any atom is 0.472 e. The summed E-state index contributed by atoms with van der Waals surface area (Å²) in [6.45, 7) is 2.51. The first-order valence-corrected chi connectivity index (χ1v) is 49.1. The summed E-state index contributed by atoms with van der Waals surface area (Å²) in [7, 11) is -9.79. The molecule has 0 aromatic heterocycles. The quantitative estimate of drug-likeness (QED) is 0.0146. The molecule has 115 heavy (non-hydrogen) atoms. The fourth-order valence-electron chi connectivity index (χ4n) is 12.6. The van der Waals surface area contributed by atoms with Gasteiger partial charge in [-0.05, 0) is 122 Å². The van der Waals surface area contributed by atoms with E-state index < -0.39 is 91.5 Å². The third-order valence-corrected chi connectivity index (χ3v) is 21.5. The number of carbonyl (C=O) groups is 3. The summed E-state index contributed by atoms with van der Waals surface area (Å²) in [6.07, 6.45) is 112. The monoisotopic (exact) mass is 1650 g/mol. The topological polar surface area (TPSA) is 231 Å². The Morgan fingerprint density at radius 2 is 0.461 bits per heavy atom. The minimum atomic E-state index is -4.93. The number of aliphatic hydroxyl groups excluding tert-OH is 2. The highest BCUT2D eigenvalue weighted by Crippen LogP contribution is 2.45. The van der Waals surface area contributed by atoms with E-state index in [2.05, 4.69) is 167 Å². The number of hydrogen-bond acceptors (Lipinski definition) is 14. The third kappa shape index (κ3) is 90.0. The summed E-state index contributed by atoms with van der Waals surface area (Å²) in [5.41, 5.74) is 0. The van der Waals surface area contributed by atoms with Gasteiger partial charge in [0, 0.05) is 19.3 Å². The first kappa shape index (κ1) is 110. The van der Waals surface area contributed by atoms with Crippen LogP contribution < -0.4 is 0 Å². The zero-order chi connectivity index (χ0) is 83.6. The first-order valence-electron chi connectivity index (χ1n) is 46.1. The molecule has 0 radical (unpaired) electrons. The van der Waals surface area contributed by atoms with E-state index in [0.717, 1.165) is 154 Å². The number of carbonyl (C=O) groups excluding carboxylic acids is 3. The van der Waals surface area contributed by atoms with Gasteiger partial charge in [-0.15, -0.1) is 0 Å². The predicted octanol–water partition coefficient (Wildman–Crippen LogP) is 28.3. The minimum absolute atomic E-state index is 0.108. The standard InChI is InChI=1S/C97H168O16P2/c1-4-7-10-13-16-19-22-25-27-29-31-33-35-37-39-41-43-45-47-49-51-53-55-57-59-61-63-66-68-71-74-77-80-83-95(100)107-86-92(98)87-109-114(103,104)110-88-93(99)89-111-115(105,106)112-91-94(113-97(102)85-82-79-76-73-70-65-24-21-18-15-12-9-6-3)90-108-96(101)84-81-78-75-72-69-67-64-62-60-58-56-54-52-50-48-46-44-42-40-38-36-34-32-30-28-26-23-20-17-14-11-8-5-2/h7-8,10-11,16-17,19-20,25-28,31-34,37-40,43-46,92-94,98-99H,4-6,9,12-15,18,21-24,29-30,35-36,41-42,47-91H2,1-3H3,(H,103,104)(H,105,106)/b10-7-,11-8-,19-16-,20-17-,27-25-,28-26-,33-31-,34-32-,39-37-,40-38-,45-43-,46-44-. The van der Waals surface area contributed by atoms with Gasteiger partial charge in [0.2, 0.25) is 0 Å². The Hall–Kier alpha value is -4.57. The summed E-state index contributed by atoms with van der Waals surface area (Å²) in [6, 6.07) is 0. The van der Waals surface area contributed by atoms with E-state index in [1.165, 1.54) is 180 Å². The maximum atomic E-state index is 13.0. The van der Waals surface area contributed by atoms with Crippen LogP contribution in [0, 0.1) is 0 Å². The zero-order valence-electron chi connectivity index (χ0n) is 72.9. The van der Waals surface area contributed by atoms with Crippen LogP contribution in [0.2, 0.25) is 0 Å². The number of phosphoric acid groups is 2. The Morgan fingerprint density at radius 1 is 0.252 bits per heavy atom. The van der Waals surface area contributed by atoms with Crippen LogP contribution in [0.5, 0.6) is 0 Å². The average molecular weight is 1650 g/mol. The number of esters is 3. The molecule has 16 nitrogen and oxygen atoms in total. The van der Waals surface area contributed by atoms with Crippen molar-refractivity contribution in [3.05, 3.63) is 146 Å². The molecule has 0 spiro atoms. The van der Waals surface area contributed by atoms with E-state index in [0.29, 0.717) is 19.3 Å². The van der Waals surface area contributed by atoms with E-state index in [1.807, 2.05) is 0 Å². The van der Waals surface area contributed by atoms with Crippen molar-refractivity contribution >= 4 is 33.6 Å². The molecule has 0 saturated heterocycles. The van der Waals surface area contributed by atoms with Crippen molar-refractivity contribution in [3.8, 4) is 0 Å². The summed E-state index contributed by atoms with van der Waals surface area (Å²) >= 11 is 0. The number of allylic oxidation sites excluding steroid dienone is 24. The lowest BCUT2D eigenvalue weighted by molar-refractivity contribution is -0.161. The molecule has 0 aliphatic carbocycles. The SMILES string of the molecule is CC/C=C\C/C=C\C/C=C\C/C=C\C/C=C\C/C=C\CCCCCCCCCCCCCCCCC(=O)OCC(O)COP(=O)(O)OCC(O)COP(=O)(O)OCC(COC(=O)CCCCCCCCCCCCCCCC/C=C\C/C=C\C/C=C\C/C=C\C/C=C\C/C=C\CC)OC(=O)CCCCCCCCCCCCCCC. The molecule has 0 aromatic rings. The summed E-state index contributed by atoms with van der Waals surface area (Å²) < 4.78 is 61.4. The van der Waals surface area contributed by atoms with Gasteiger partial charge in [0.1, 0.15) is 25.4 Å². The Kier molecular flexibility index (Phi) is 85.2. The van der Waals surface area contributed by atoms with Crippen molar-refractivity contribution < 1.29 is 75.8 Å². The summed E-state index contributed by atoms with van der Waals surface area (Å²) in [4.78, 5) is 58.9. The molecular weight excluding hydrogens is 1480 g/mol. The fraction of sp³-hybridized carbons (Fsp3) is 0.722. The molecule has 0 bridgehead atoms. The fourth-order valence-corrected chi connectivity index (χ4v) is 14.2. The number of rotatable bonds is 87. The van der Waals surface area contributed by atoms with Crippen LogP contribution in [0.1, 0.15) is 393 Å². The molecule has 0 aliphatic heterocycles. The largest absolute Gasteiger partial charge is 0.472 e. The van der Waals surface area contributed by atoms with Crippen molar-refractivity contribution in [3.63, 3.8) is 0 Å². The van der Waals surface area contributed by atoms with Crippen LogP contribution >= 0.6 is 15.6 Å². The molecule has 5 atom stereocenters. The highest BCUT2D eigenvalue weighted by molar-refractivity contribution is 7.47. The van der Waals surface area contributed by atoms with E-state index in [1.54, 1.807) is 0 Å². The third-order valence-electron chi connectivity index (χ3n) is 19.6. The molecule has 0 saturated carbocycles. The Balaban J connectivity index is 4.40. The van der Waals surface area contributed by atoms with E-state index in [4.69, 9.17) is 32.3 Å². The van der Waals surface area contributed by atoms with Crippen molar-refractivity contribution in [2.75, 3.05) is 39.6 Å². The second-order valence-electron chi connectivity index (χ2n) is 30.7. The number of aliphatic hydroxyl groups is 2. The van der Waals surface area contributed by atoms with Crippen LogP contribution in [-0.4, -0.2) is 95.9 Å². The highest BCUT2D eigenvalue weighted by atomic mass is 31.2. The molecule has 4 N–H and O–H groups in total. The van der Waals surface area contributed by atoms with Gasteiger partial charge in [0.15, 0.2) is 6.10 Å². The normalized spacial score (nSPS) is 14.5. The van der Waals surface area contributed by atoms with Crippen molar-refractivity contribution in [1.29, 1.82) is 0 Å². The molecule has 5 unspecified atom stereocenters. The first-order chi connectivity index (χ1) is 56.2. The summed E-state index contributed by atoms with van der Waals surface area (Å²) in [5.74, 6) is -1.56. The number of hydrogen-bond donors (Lipinski definition) is 4. The van der Waals surface area contributed by atoms with Gasteiger partial charge in [-0.1, -0.05) is 398 Å². The molecular formula is C97H168O16P2. The molecule has 0 heterocycles. The average Bonchev–Trinajstić information content (AvgIpc) is 0.901. The lowest BCUT2D eigenvalue weighted by Crippen LogP contribution is -2.30. The second-order valence-corrected chi connectivity index (χ2v) is 33.6. The number of phosphoric ester groups is 2. The second kappa shape index (κ2) is 88.7. The lowest BCUT2D eigenvalue weighted by Gasteiger charge is -2.21. The van der Waals surface area contributed by atoms with Crippen LogP contribution in [0.4, 0.5) is 0 Å². The predicted molar refractivity (Wildman–Crippen MR) is 482 cm³/mol. The number of ether oxygens (including phenoxy) is 3. The Morgan fingerprint density at radius 3 is 0.730 bits per heavy atom. The van der Waals surface area contributed by atoms with Crippen LogP contribution in [-0.2, 0) is 55.8 Å². The van der Waals surface area contributed by atoms with Crippen molar-refractivity contribution in [2.24, 2.45) is 0 Å². The van der Waals surface area contributed by atoms with Gasteiger partial charge < -0.3 is 34.2 Å². The van der Waals surface area contributed by atoms with E-state index in [-0.39, 0.29) is 19.3 Å². The highest BCUT2D eigenvalue weighted by Gasteiger charge is 2.29. The molecule has 0 amide bonds. The Bertz CT molecular complexity index is 2670. The van der Waals surface area contributed by atoms with Crippen LogP contribution in [0.15, 0.2) is 146 Å². The van der Waals surface area contributed by atoms with Gasteiger partial charge in [0.25, 0.3) is 0 Å². The van der Waals surface area contributed by atoms with Gasteiger partial charge in [-0.3, -0.25) is 32.5 Å². The molecule has 18 heteroatoms. The van der Waals surface area contributed by atoms with E-state index >= 15 is 0 Å². The van der Waals surface area contributed by atoms with E-state index in [9.17, 15) is 43.5 Å². The lowest BCUT2D eigenvalue weighted by atomic mass is 10.0. The van der Waals surface area contributed by atoms with Crippen molar-refractivity contribution in [2.45, 2.75) is 411 Å². The molecule has 662 valence electrons. The number of unbranched alkanes of at least 4 members (excludes halogenated alkanes) is 40. The zero-order valence-corrected chi connectivity index (χ0v) is 74.7. The van der Waals surface area contributed by atoms with Gasteiger partial charge in [-0.25, -0.2) is 9.13 Å². The maximum absolute atomic E-state index is 13.0. The molecule has 0 aliphatic rings. The van der Waals surface area contributed by atoms with Crippen LogP contribution in [0.25, 0.3) is 0 Å². The molecule has 0 fully saturated rings. The molecule has 0 rings (SSSR count). The van der Waals surface area contributed by atoms with Crippen LogP contribution in [0.3, 0.4) is 0 Å². The van der Waals surface area contributed by atoms with Gasteiger partial charge >= 0.3 is 33.6 Å². The molecule has 0 aromatic carbocycles.